The summed E-state index contributed by atoms with van der Waals surface area (Å²) in [7, 11) is 0. The number of aliphatic hydroxyl groups is 2. The van der Waals surface area contributed by atoms with Gasteiger partial charge < -0.3 is 15.3 Å². The molecule has 1 saturated carbocycles. The molecule has 4 nitrogen and oxygen atoms in total. The van der Waals surface area contributed by atoms with Crippen LogP contribution in [0.1, 0.15) is 45.4 Å². The second-order valence-electron chi connectivity index (χ2n) is 5.68. The molecule has 0 radical (unpaired) electrons. The molecule has 0 aromatic heterocycles. The van der Waals surface area contributed by atoms with Crippen molar-refractivity contribution >= 4 is 5.97 Å². The Morgan fingerprint density at radius 2 is 2.10 bits per heavy atom. The number of aliphatic carboxylic acids is 1. The van der Waals surface area contributed by atoms with E-state index in [1.807, 2.05) is 0 Å². The van der Waals surface area contributed by atoms with Crippen LogP contribution in [0.5, 0.6) is 0 Å². The van der Waals surface area contributed by atoms with Crippen LogP contribution in [0, 0.1) is 11.8 Å². The van der Waals surface area contributed by atoms with E-state index in [4.69, 9.17) is 5.11 Å². The fourth-order valence-corrected chi connectivity index (χ4v) is 2.77. The highest BCUT2D eigenvalue weighted by Gasteiger charge is 2.39. The molecule has 0 aromatic carbocycles. The fourth-order valence-electron chi connectivity index (χ4n) is 2.77. The van der Waals surface area contributed by atoms with Gasteiger partial charge in [-0.3, -0.25) is 4.79 Å². The molecule has 0 amide bonds. The van der Waals surface area contributed by atoms with Crippen molar-refractivity contribution in [3.05, 3.63) is 24.8 Å². The van der Waals surface area contributed by atoms with E-state index in [9.17, 15) is 15.0 Å². The Hall–Kier alpha value is -1.13. The minimum Gasteiger partial charge on any atom is -0.481 e. The summed E-state index contributed by atoms with van der Waals surface area (Å²) >= 11 is 0. The summed E-state index contributed by atoms with van der Waals surface area (Å²) in [6.45, 7) is 5.76. The Balaban J connectivity index is 2.68. The molecule has 0 aliphatic heterocycles. The first-order chi connectivity index (χ1) is 9.43. The number of aliphatic hydroxyl groups excluding tert-OH is 1. The van der Waals surface area contributed by atoms with Gasteiger partial charge in [0.15, 0.2) is 0 Å². The number of carboxylic acid groups (broad SMARTS) is 1. The van der Waals surface area contributed by atoms with Crippen LogP contribution in [0.3, 0.4) is 0 Å². The first kappa shape index (κ1) is 16.9. The second-order valence-corrected chi connectivity index (χ2v) is 5.68. The van der Waals surface area contributed by atoms with E-state index in [1.165, 1.54) is 6.08 Å². The van der Waals surface area contributed by atoms with E-state index in [1.54, 1.807) is 12.2 Å². The third kappa shape index (κ3) is 4.46. The predicted octanol–water partition coefficient (Wildman–Crippen LogP) is 2.51. The topological polar surface area (TPSA) is 77.8 Å². The molecule has 1 aliphatic rings. The molecular weight excluding hydrogens is 256 g/mol. The summed E-state index contributed by atoms with van der Waals surface area (Å²) in [6, 6.07) is 0. The molecule has 0 aromatic rings. The van der Waals surface area contributed by atoms with Crippen molar-refractivity contribution < 1.29 is 20.1 Å². The van der Waals surface area contributed by atoms with Gasteiger partial charge in [0.25, 0.3) is 0 Å². The minimum atomic E-state index is -1.08. The van der Waals surface area contributed by atoms with Crippen LogP contribution in [0.15, 0.2) is 24.8 Å². The normalized spacial score (nSPS) is 29.4. The molecular formula is C16H26O4. The van der Waals surface area contributed by atoms with Crippen LogP contribution >= 0.6 is 0 Å². The van der Waals surface area contributed by atoms with Gasteiger partial charge in [0.1, 0.15) is 5.60 Å². The van der Waals surface area contributed by atoms with Gasteiger partial charge in [-0.25, -0.2) is 0 Å². The zero-order valence-corrected chi connectivity index (χ0v) is 12.2. The van der Waals surface area contributed by atoms with E-state index in [-0.39, 0.29) is 5.92 Å². The average Bonchev–Trinajstić information content (AvgIpc) is 2.78. The van der Waals surface area contributed by atoms with Crippen LogP contribution < -0.4 is 0 Å². The summed E-state index contributed by atoms with van der Waals surface area (Å²) < 4.78 is 0. The number of hydrogen-bond acceptors (Lipinski definition) is 3. The van der Waals surface area contributed by atoms with Gasteiger partial charge in [-0.15, -0.1) is 0 Å². The molecule has 3 N–H and O–H groups in total. The van der Waals surface area contributed by atoms with E-state index in [2.05, 4.69) is 13.5 Å². The first-order valence-electron chi connectivity index (χ1n) is 7.39. The van der Waals surface area contributed by atoms with Gasteiger partial charge in [0.05, 0.1) is 12.0 Å². The fraction of sp³-hybridized carbons (Fsp3) is 0.688. The summed E-state index contributed by atoms with van der Waals surface area (Å²) in [4.78, 5) is 11.2. The molecule has 114 valence electrons. The Kier molecular flexibility index (Phi) is 6.43. The maximum atomic E-state index is 11.2. The maximum absolute atomic E-state index is 11.2. The lowest BCUT2D eigenvalue weighted by atomic mass is 9.90. The number of unbranched alkanes of at least 4 members (excludes halogenated alkanes) is 2. The zero-order chi connectivity index (χ0) is 15.2. The second kappa shape index (κ2) is 7.60. The molecule has 20 heavy (non-hydrogen) atoms. The predicted molar refractivity (Wildman–Crippen MR) is 78.3 cm³/mol. The van der Waals surface area contributed by atoms with Crippen molar-refractivity contribution in [3.8, 4) is 0 Å². The number of carboxylic acids is 1. The van der Waals surface area contributed by atoms with Crippen molar-refractivity contribution in [2.75, 3.05) is 0 Å². The van der Waals surface area contributed by atoms with Gasteiger partial charge in [0.2, 0.25) is 0 Å². The van der Waals surface area contributed by atoms with Crippen molar-refractivity contribution in [2.45, 2.75) is 57.2 Å². The zero-order valence-electron chi connectivity index (χ0n) is 12.2. The van der Waals surface area contributed by atoms with E-state index < -0.39 is 23.6 Å². The highest BCUT2D eigenvalue weighted by atomic mass is 16.4. The molecule has 4 unspecified atom stereocenters. The molecule has 1 aliphatic carbocycles. The van der Waals surface area contributed by atoms with Gasteiger partial charge >= 0.3 is 5.97 Å². The van der Waals surface area contributed by atoms with Crippen molar-refractivity contribution in [3.63, 3.8) is 0 Å². The van der Waals surface area contributed by atoms with E-state index in [0.29, 0.717) is 19.3 Å². The van der Waals surface area contributed by atoms with Crippen molar-refractivity contribution in [2.24, 2.45) is 11.8 Å². The van der Waals surface area contributed by atoms with E-state index in [0.717, 1.165) is 19.3 Å². The molecule has 0 heterocycles. The average molecular weight is 282 g/mol. The minimum absolute atomic E-state index is 0.222. The standard InChI is InChI=1S/C16H26O4/c1-3-5-6-10-16(20,4-2)11-9-12-7-8-13(17)14(12)15(18)19/h4,9,11-14,17,20H,2-3,5-8,10H2,1H3,(H,18,19). The molecule has 4 atom stereocenters. The Morgan fingerprint density at radius 3 is 2.65 bits per heavy atom. The third-order valence-corrected chi connectivity index (χ3v) is 4.12. The molecule has 0 bridgehead atoms. The largest absolute Gasteiger partial charge is 0.481 e. The van der Waals surface area contributed by atoms with E-state index >= 15 is 0 Å². The van der Waals surface area contributed by atoms with Crippen LogP contribution in [-0.4, -0.2) is 33.0 Å². The first-order valence-corrected chi connectivity index (χ1v) is 7.39. The lowest BCUT2D eigenvalue weighted by Gasteiger charge is -2.21. The summed E-state index contributed by atoms with van der Waals surface area (Å²) in [5.41, 5.74) is -1.08. The van der Waals surface area contributed by atoms with Gasteiger partial charge in [0, 0.05) is 0 Å². The number of rotatable bonds is 8. The molecule has 4 heteroatoms. The number of carbonyl (C=O) groups is 1. The highest BCUT2D eigenvalue weighted by molar-refractivity contribution is 5.72. The van der Waals surface area contributed by atoms with Gasteiger partial charge in [-0.1, -0.05) is 44.6 Å². The van der Waals surface area contributed by atoms with Gasteiger partial charge in [-0.05, 0) is 31.6 Å². The van der Waals surface area contributed by atoms with Crippen LogP contribution in [-0.2, 0) is 4.79 Å². The third-order valence-electron chi connectivity index (χ3n) is 4.12. The Morgan fingerprint density at radius 1 is 1.40 bits per heavy atom. The highest BCUT2D eigenvalue weighted by Crippen LogP contribution is 2.34. The Bertz CT molecular complexity index is 363. The van der Waals surface area contributed by atoms with Crippen LogP contribution in [0.4, 0.5) is 0 Å². The van der Waals surface area contributed by atoms with Gasteiger partial charge in [-0.2, -0.15) is 0 Å². The number of allylic oxidation sites excluding steroid dienone is 1. The Labute approximate surface area is 120 Å². The molecule has 0 spiro atoms. The maximum Gasteiger partial charge on any atom is 0.309 e. The lowest BCUT2D eigenvalue weighted by Crippen LogP contribution is -2.28. The number of hydrogen-bond donors (Lipinski definition) is 3. The summed E-state index contributed by atoms with van der Waals surface area (Å²) in [6.07, 6.45) is 8.84. The van der Waals surface area contributed by atoms with Crippen LogP contribution in [0.25, 0.3) is 0 Å². The molecule has 0 saturated heterocycles. The lowest BCUT2D eigenvalue weighted by molar-refractivity contribution is -0.145. The molecule has 1 fully saturated rings. The van der Waals surface area contributed by atoms with Crippen LogP contribution in [0.2, 0.25) is 0 Å². The molecule has 1 rings (SSSR count). The SMILES string of the molecule is C=CC(O)(C=CC1CCC(O)C1C(=O)O)CCCCC. The summed E-state index contributed by atoms with van der Waals surface area (Å²) in [5.74, 6) is -1.96. The quantitative estimate of drug-likeness (QED) is 0.472. The smallest absolute Gasteiger partial charge is 0.309 e. The van der Waals surface area contributed by atoms with Crippen molar-refractivity contribution in [1.82, 2.24) is 0 Å². The summed E-state index contributed by atoms with van der Waals surface area (Å²) in [5, 5.41) is 29.2. The monoisotopic (exact) mass is 282 g/mol. The van der Waals surface area contributed by atoms with Crippen molar-refractivity contribution in [1.29, 1.82) is 0 Å².